The van der Waals surface area contributed by atoms with Crippen molar-refractivity contribution < 1.29 is 23.9 Å². The Labute approximate surface area is 245 Å². The van der Waals surface area contributed by atoms with Crippen LogP contribution >= 0.6 is 0 Å². The molecule has 0 bridgehead atoms. The van der Waals surface area contributed by atoms with Gasteiger partial charge in [-0.15, -0.1) is 0 Å². The van der Waals surface area contributed by atoms with Gasteiger partial charge in [-0.2, -0.15) is 0 Å². The third-order valence-corrected chi connectivity index (χ3v) is 8.77. The van der Waals surface area contributed by atoms with E-state index >= 15 is 0 Å². The van der Waals surface area contributed by atoms with Gasteiger partial charge in [0.05, 0.1) is 24.7 Å². The molecule has 6 rings (SSSR count). The Morgan fingerprint density at radius 3 is 2.64 bits per heavy atom. The summed E-state index contributed by atoms with van der Waals surface area (Å²) >= 11 is 0. The van der Waals surface area contributed by atoms with Crippen molar-refractivity contribution in [1.82, 2.24) is 15.2 Å². The summed E-state index contributed by atoms with van der Waals surface area (Å²) in [7, 11) is 0. The van der Waals surface area contributed by atoms with Crippen LogP contribution in [0, 0.1) is 5.92 Å². The second-order valence-electron chi connectivity index (χ2n) is 11.6. The molecule has 3 N–H and O–H groups in total. The first-order valence-corrected chi connectivity index (χ1v) is 15.1. The molecule has 42 heavy (non-hydrogen) atoms. The topological polar surface area (TPSA) is 124 Å². The van der Waals surface area contributed by atoms with Crippen LogP contribution < -0.4 is 15.8 Å². The second kappa shape index (κ2) is 11.7. The number of hydrogen-bond donors (Lipinski definition) is 2. The van der Waals surface area contributed by atoms with Crippen LogP contribution in [0.4, 0.5) is 0 Å². The minimum atomic E-state index is -1.12. The van der Waals surface area contributed by atoms with Crippen molar-refractivity contribution in [1.29, 1.82) is 0 Å². The van der Waals surface area contributed by atoms with Gasteiger partial charge in [-0.1, -0.05) is 61.4 Å². The number of amides is 2. The first kappa shape index (κ1) is 28.2. The molecule has 2 aliphatic heterocycles. The summed E-state index contributed by atoms with van der Waals surface area (Å²) in [5.74, 6) is -0.785. The maximum atomic E-state index is 13.9. The summed E-state index contributed by atoms with van der Waals surface area (Å²) in [5, 5.41) is 5.90. The number of carbonyl (C=O) groups is 3. The summed E-state index contributed by atoms with van der Waals surface area (Å²) in [6.07, 6.45) is 8.51. The Bertz CT molecular complexity index is 1540. The molecule has 5 atom stereocenters. The number of esters is 1. The maximum absolute atomic E-state index is 13.9. The zero-order valence-corrected chi connectivity index (χ0v) is 24.0. The Morgan fingerprint density at radius 1 is 1.07 bits per heavy atom. The molecule has 9 nitrogen and oxygen atoms in total. The summed E-state index contributed by atoms with van der Waals surface area (Å²) in [6, 6.07) is 14.3. The summed E-state index contributed by atoms with van der Waals surface area (Å²) in [6.45, 7) is 2.17. The minimum Gasteiger partial charge on any atom is -0.472 e. The van der Waals surface area contributed by atoms with Gasteiger partial charge in [-0.05, 0) is 50.1 Å². The van der Waals surface area contributed by atoms with Gasteiger partial charge in [-0.25, -0.2) is 9.78 Å². The molecule has 1 aliphatic carbocycles. The third kappa shape index (κ3) is 5.33. The van der Waals surface area contributed by atoms with Crippen LogP contribution in [0.2, 0.25) is 0 Å². The number of fused-ring (bicyclic) bond motifs is 5. The van der Waals surface area contributed by atoms with E-state index in [-0.39, 0.29) is 31.4 Å². The first-order valence-electron chi connectivity index (χ1n) is 15.1. The molecule has 9 heteroatoms. The lowest BCUT2D eigenvalue weighted by Gasteiger charge is -2.28. The van der Waals surface area contributed by atoms with Crippen LogP contribution in [0.5, 0.6) is 5.88 Å². The Balaban J connectivity index is 1.31. The van der Waals surface area contributed by atoms with E-state index in [4.69, 9.17) is 20.2 Å². The van der Waals surface area contributed by atoms with Crippen LogP contribution in [0.15, 0.2) is 60.7 Å². The van der Waals surface area contributed by atoms with Gasteiger partial charge in [-0.3, -0.25) is 9.59 Å². The zero-order chi connectivity index (χ0) is 29.3. The number of aromatic nitrogens is 1. The van der Waals surface area contributed by atoms with Crippen molar-refractivity contribution in [2.75, 3.05) is 13.2 Å². The second-order valence-corrected chi connectivity index (χ2v) is 11.6. The maximum Gasteiger partial charge on any atom is 0.332 e. The van der Waals surface area contributed by atoms with E-state index in [1.807, 2.05) is 54.6 Å². The predicted molar refractivity (Wildman–Crippen MR) is 160 cm³/mol. The van der Waals surface area contributed by atoms with Crippen molar-refractivity contribution in [2.24, 2.45) is 11.7 Å². The molecule has 1 unspecified atom stereocenters. The molecule has 3 heterocycles. The number of nitrogens with two attached hydrogens (primary N) is 1. The predicted octanol–water partition coefficient (Wildman–Crippen LogP) is 4.02. The lowest BCUT2D eigenvalue weighted by molar-refractivity contribution is -0.150. The van der Waals surface area contributed by atoms with E-state index in [0.29, 0.717) is 18.7 Å². The van der Waals surface area contributed by atoms with Crippen molar-refractivity contribution in [3.63, 3.8) is 0 Å². The van der Waals surface area contributed by atoms with Gasteiger partial charge >= 0.3 is 5.97 Å². The lowest BCUT2D eigenvalue weighted by Crippen LogP contribution is -2.55. The van der Waals surface area contributed by atoms with E-state index in [1.165, 1.54) is 0 Å². The van der Waals surface area contributed by atoms with Gasteiger partial charge in [0.1, 0.15) is 17.7 Å². The van der Waals surface area contributed by atoms with Gasteiger partial charge in [0.25, 0.3) is 0 Å². The lowest BCUT2D eigenvalue weighted by atomic mass is 10.1. The summed E-state index contributed by atoms with van der Waals surface area (Å²) < 4.78 is 11.9. The Kier molecular flexibility index (Phi) is 7.86. The van der Waals surface area contributed by atoms with E-state index < -0.39 is 35.6 Å². The molecule has 0 radical (unpaired) electrons. The van der Waals surface area contributed by atoms with Gasteiger partial charge in [0, 0.05) is 23.1 Å². The number of allylic oxidation sites excluding steroid dienone is 1. The average Bonchev–Trinajstić information content (AvgIpc) is 3.53. The van der Waals surface area contributed by atoms with Crippen LogP contribution in [-0.4, -0.2) is 64.5 Å². The third-order valence-electron chi connectivity index (χ3n) is 8.77. The summed E-state index contributed by atoms with van der Waals surface area (Å²) in [5.41, 5.74) is 6.07. The smallest absolute Gasteiger partial charge is 0.332 e. The molecule has 3 aliphatic rings. The SMILES string of the molecule is CCOC(=O)[C@@]12CC1/C=C\CCCCC[C@H](N)C(=O)N1C[C@H](Oc3nc4ccccc4c4ccccc34)C[C@H]1C(=O)N2. The van der Waals surface area contributed by atoms with Crippen molar-refractivity contribution in [3.05, 3.63) is 60.7 Å². The molecule has 3 aromatic rings. The highest BCUT2D eigenvalue weighted by Crippen LogP contribution is 2.46. The van der Waals surface area contributed by atoms with Gasteiger partial charge < -0.3 is 25.4 Å². The normalized spacial score (nSPS) is 29.1. The first-order chi connectivity index (χ1) is 20.4. The largest absolute Gasteiger partial charge is 0.472 e. The number of nitrogens with one attached hydrogen (secondary N) is 1. The van der Waals surface area contributed by atoms with Crippen molar-refractivity contribution >= 4 is 39.5 Å². The monoisotopic (exact) mass is 570 g/mol. The quantitative estimate of drug-likeness (QED) is 0.276. The van der Waals surface area contributed by atoms with Gasteiger partial charge in [0.2, 0.25) is 17.7 Å². The molecular weight excluding hydrogens is 532 g/mol. The fraction of sp³-hybridized carbons (Fsp3) is 0.455. The van der Waals surface area contributed by atoms with Crippen molar-refractivity contribution in [3.8, 4) is 5.88 Å². The fourth-order valence-electron chi connectivity index (χ4n) is 6.41. The molecular formula is C33H38N4O5. The average molecular weight is 571 g/mol. The molecule has 1 saturated heterocycles. The van der Waals surface area contributed by atoms with E-state index in [1.54, 1.807) is 11.8 Å². The highest BCUT2D eigenvalue weighted by atomic mass is 16.5. The van der Waals surface area contributed by atoms with E-state index in [2.05, 4.69) is 11.4 Å². The molecule has 0 spiro atoms. The Morgan fingerprint density at radius 2 is 1.83 bits per heavy atom. The number of ether oxygens (including phenoxy) is 2. The Hall–Kier alpha value is -3.98. The number of para-hydroxylation sites is 1. The molecule has 2 fully saturated rings. The number of pyridine rings is 1. The highest BCUT2D eigenvalue weighted by Gasteiger charge is 2.62. The van der Waals surface area contributed by atoms with E-state index in [0.717, 1.165) is 47.4 Å². The molecule has 2 amide bonds. The molecule has 1 saturated carbocycles. The number of hydrogen-bond acceptors (Lipinski definition) is 7. The molecule has 2 aromatic carbocycles. The minimum absolute atomic E-state index is 0.140. The number of nitrogens with zero attached hydrogens (tertiary/aromatic N) is 2. The number of rotatable bonds is 4. The number of benzene rings is 2. The summed E-state index contributed by atoms with van der Waals surface area (Å²) in [4.78, 5) is 46.9. The van der Waals surface area contributed by atoms with Crippen LogP contribution in [0.3, 0.4) is 0 Å². The highest BCUT2D eigenvalue weighted by molar-refractivity contribution is 6.07. The van der Waals surface area contributed by atoms with Crippen LogP contribution in [0.25, 0.3) is 21.7 Å². The van der Waals surface area contributed by atoms with E-state index in [9.17, 15) is 14.4 Å². The standard InChI is InChI=1S/C33H38N4O5/c1-2-41-32(40)33-19-21(33)12-6-4-3-5-7-16-26(34)31(39)37-20-22(18-28(37)29(38)36-33)42-30-25-15-9-8-13-23(25)24-14-10-11-17-27(24)35-30/h6,8-15,17,21-22,26,28H,2-5,7,16,18-20,34H2,1H3,(H,36,38)/b12-6-/t21?,22-,26+,28+,33-/m1/s1. The fourth-order valence-corrected chi connectivity index (χ4v) is 6.41. The molecule has 220 valence electrons. The zero-order valence-electron chi connectivity index (χ0n) is 24.0. The van der Waals surface area contributed by atoms with Gasteiger partial charge in [0.15, 0.2) is 0 Å². The van der Waals surface area contributed by atoms with Crippen molar-refractivity contribution in [2.45, 2.75) is 75.6 Å². The number of carbonyl (C=O) groups excluding carboxylic acids is 3. The molecule has 1 aromatic heterocycles. The van der Waals surface area contributed by atoms with Crippen LogP contribution in [0.1, 0.15) is 51.9 Å². The van der Waals surface area contributed by atoms with Crippen LogP contribution in [-0.2, 0) is 19.1 Å².